The number of carbonyl (C=O) groups is 1. The van der Waals surface area contributed by atoms with E-state index in [1.165, 1.54) is 0 Å². The van der Waals surface area contributed by atoms with Gasteiger partial charge in [0.1, 0.15) is 5.56 Å². The highest BCUT2D eigenvalue weighted by atomic mass is 16.2. The molecule has 6 heteroatoms. The molecule has 0 spiro atoms. The van der Waals surface area contributed by atoms with Crippen LogP contribution in [0.5, 0.6) is 0 Å². The van der Waals surface area contributed by atoms with Gasteiger partial charge in [0.05, 0.1) is 6.20 Å². The molecule has 1 amide bonds. The molecule has 1 fully saturated rings. The summed E-state index contributed by atoms with van der Waals surface area (Å²) < 4.78 is 1.65. The molecule has 0 aromatic carbocycles. The molecule has 2 aromatic heterocycles. The van der Waals surface area contributed by atoms with E-state index in [4.69, 9.17) is 0 Å². The lowest BCUT2D eigenvalue weighted by atomic mass is 10.0. The lowest BCUT2D eigenvalue weighted by Gasteiger charge is -2.36. The summed E-state index contributed by atoms with van der Waals surface area (Å²) in [5.41, 5.74) is 1.23. The van der Waals surface area contributed by atoms with E-state index >= 15 is 0 Å². The zero-order valence-corrected chi connectivity index (χ0v) is 12.6. The molecule has 0 unspecified atom stereocenters. The van der Waals surface area contributed by atoms with Gasteiger partial charge in [-0.25, -0.2) is 9.50 Å². The maximum atomic E-state index is 12.9. The van der Waals surface area contributed by atoms with Gasteiger partial charge in [0, 0.05) is 25.0 Å². The van der Waals surface area contributed by atoms with Gasteiger partial charge in [-0.3, -0.25) is 4.79 Å². The SMILES string of the molecule is CCN(C(=O)c1cnn2cccnc12)C1CCN(C)CC1. The molecule has 2 aromatic rings. The van der Waals surface area contributed by atoms with Crippen molar-refractivity contribution in [1.29, 1.82) is 0 Å². The summed E-state index contributed by atoms with van der Waals surface area (Å²) in [6, 6.07) is 2.13. The molecule has 0 aliphatic carbocycles. The van der Waals surface area contributed by atoms with Crippen LogP contribution in [0.4, 0.5) is 0 Å². The summed E-state index contributed by atoms with van der Waals surface area (Å²) in [5.74, 6) is 0.0424. The van der Waals surface area contributed by atoms with Gasteiger partial charge in [-0.05, 0) is 46.0 Å². The van der Waals surface area contributed by atoms with E-state index < -0.39 is 0 Å². The Balaban J connectivity index is 1.85. The first-order valence-electron chi connectivity index (χ1n) is 7.48. The molecule has 21 heavy (non-hydrogen) atoms. The monoisotopic (exact) mass is 287 g/mol. The average Bonchev–Trinajstić information content (AvgIpc) is 2.94. The Bertz CT molecular complexity index is 630. The second kappa shape index (κ2) is 5.81. The van der Waals surface area contributed by atoms with Crippen LogP contribution >= 0.6 is 0 Å². The molecule has 1 aliphatic rings. The first-order chi connectivity index (χ1) is 10.2. The van der Waals surface area contributed by atoms with Crippen molar-refractivity contribution in [2.45, 2.75) is 25.8 Å². The number of piperidine rings is 1. The Hall–Kier alpha value is -1.95. The van der Waals surface area contributed by atoms with Crippen LogP contribution in [-0.4, -0.2) is 63.0 Å². The third-order valence-electron chi connectivity index (χ3n) is 4.24. The second-order valence-corrected chi connectivity index (χ2v) is 5.57. The average molecular weight is 287 g/mol. The zero-order valence-electron chi connectivity index (χ0n) is 12.6. The van der Waals surface area contributed by atoms with Crippen molar-refractivity contribution in [2.75, 3.05) is 26.7 Å². The highest BCUT2D eigenvalue weighted by Gasteiger charge is 2.28. The second-order valence-electron chi connectivity index (χ2n) is 5.57. The number of aromatic nitrogens is 3. The number of hydrogen-bond donors (Lipinski definition) is 0. The molecule has 0 radical (unpaired) electrons. The van der Waals surface area contributed by atoms with Crippen molar-refractivity contribution < 1.29 is 4.79 Å². The number of carbonyl (C=O) groups excluding carboxylic acids is 1. The van der Waals surface area contributed by atoms with Crippen LogP contribution in [0.15, 0.2) is 24.7 Å². The Morgan fingerprint density at radius 3 is 2.90 bits per heavy atom. The van der Waals surface area contributed by atoms with E-state index in [-0.39, 0.29) is 5.91 Å². The van der Waals surface area contributed by atoms with Crippen LogP contribution in [-0.2, 0) is 0 Å². The number of amides is 1. The molecule has 3 rings (SSSR count). The maximum absolute atomic E-state index is 12.9. The number of likely N-dealkylation sites (tertiary alicyclic amines) is 1. The van der Waals surface area contributed by atoms with Crippen LogP contribution in [0, 0.1) is 0 Å². The minimum absolute atomic E-state index is 0.0424. The first-order valence-corrected chi connectivity index (χ1v) is 7.48. The van der Waals surface area contributed by atoms with E-state index in [1.54, 1.807) is 16.9 Å². The molecule has 0 N–H and O–H groups in total. The predicted molar refractivity (Wildman–Crippen MR) is 80.2 cm³/mol. The summed E-state index contributed by atoms with van der Waals surface area (Å²) in [4.78, 5) is 21.4. The predicted octanol–water partition coefficient (Wildman–Crippen LogP) is 1.29. The molecule has 1 aliphatic heterocycles. The highest BCUT2D eigenvalue weighted by Crippen LogP contribution is 2.19. The lowest BCUT2D eigenvalue weighted by molar-refractivity contribution is 0.0608. The summed E-state index contributed by atoms with van der Waals surface area (Å²) in [7, 11) is 2.13. The van der Waals surface area contributed by atoms with E-state index in [0.717, 1.165) is 32.5 Å². The molecule has 0 bridgehead atoms. The molecular weight excluding hydrogens is 266 g/mol. The molecular formula is C15H21N5O. The van der Waals surface area contributed by atoms with Gasteiger partial charge < -0.3 is 9.80 Å². The van der Waals surface area contributed by atoms with Gasteiger partial charge >= 0.3 is 0 Å². The van der Waals surface area contributed by atoms with Crippen molar-refractivity contribution in [3.05, 3.63) is 30.2 Å². The molecule has 1 saturated heterocycles. The summed E-state index contributed by atoms with van der Waals surface area (Å²) in [6.45, 7) is 4.84. The topological polar surface area (TPSA) is 53.7 Å². The van der Waals surface area contributed by atoms with Crippen LogP contribution < -0.4 is 0 Å². The number of fused-ring (bicyclic) bond motifs is 1. The fraction of sp³-hybridized carbons (Fsp3) is 0.533. The van der Waals surface area contributed by atoms with Crippen molar-refractivity contribution in [3.8, 4) is 0 Å². The Morgan fingerprint density at radius 2 is 2.19 bits per heavy atom. The molecule has 3 heterocycles. The van der Waals surface area contributed by atoms with Gasteiger partial charge in [-0.2, -0.15) is 5.10 Å². The van der Waals surface area contributed by atoms with Gasteiger partial charge in [0.2, 0.25) is 0 Å². The highest BCUT2D eigenvalue weighted by molar-refractivity contribution is 5.99. The normalized spacial score (nSPS) is 17.2. The Kier molecular flexibility index (Phi) is 3.88. The van der Waals surface area contributed by atoms with Crippen molar-refractivity contribution in [2.24, 2.45) is 0 Å². The Labute approximate surface area is 124 Å². The first kappa shape index (κ1) is 14.0. The van der Waals surface area contributed by atoms with Crippen LogP contribution in [0.25, 0.3) is 5.65 Å². The van der Waals surface area contributed by atoms with Gasteiger partial charge in [-0.15, -0.1) is 0 Å². The lowest BCUT2D eigenvalue weighted by Crippen LogP contribution is -2.46. The van der Waals surface area contributed by atoms with Crippen LogP contribution in [0.3, 0.4) is 0 Å². The number of nitrogens with zero attached hydrogens (tertiary/aromatic N) is 5. The number of hydrogen-bond acceptors (Lipinski definition) is 4. The summed E-state index contributed by atoms with van der Waals surface area (Å²) in [5, 5.41) is 4.21. The summed E-state index contributed by atoms with van der Waals surface area (Å²) >= 11 is 0. The minimum atomic E-state index is 0.0424. The van der Waals surface area contributed by atoms with Gasteiger partial charge in [-0.1, -0.05) is 0 Å². The quantitative estimate of drug-likeness (QED) is 0.853. The van der Waals surface area contributed by atoms with E-state index in [0.29, 0.717) is 17.3 Å². The zero-order chi connectivity index (χ0) is 14.8. The number of rotatable bonds is 3. The standard InChI is InChI=1S/C15H21N5O/c1-3-19(12-5-9-18(2)10-6-12)15(21)13-11-17-20-8-4-7-16-14(13)20/h4,7-8,11-12H,3,5-6,9-10H2,1-2H3. The van der Waals surface area contributed by atoms with E-state index in [9.17, 15) is 4.79 Å². The molecule has 0 atom stereocenters. The third kappa shape index (κ3) is 2.63. The molecule has 112 valence electrons. The van der Waals surface area contributed by atoms with Crippen LogP contribution in [0.2, 0.25) is 0 Å². The third-order valence-corrected chi connectivity index (χ3v) is 4.24. The van der Waals surface area contributed by atoms with E-state index in [2.05, 4.69) is 22.0 Å². The van der Waals surface area contributed by atoms with Crippen molar-refractivity contribution in [1.82, 2.24) is 24.4 Å². The van der Waals surface area contributed by atoms with E-state index in [1.807, 2.05) is 24.1 Å². The fourth-order valence-corrected chi connectivity index (χ4v) is 3.01. The largest absolute Gasteiger partial charge is 0.336 e. The smallest absolute Gasteiger partial charge is 0.259 e. The van der Waals surface area contributed by atoms with Crippen molar-refractivity contribution >= 4 is 11.6 Å². The van der Waals surface area contributed by atoms with Crippen LogP contribution in [0.1, 0.15) is 30.1 Å². The maximum Gasteiger partial charge on any atom is 0.259 e. The van der Waals surface area contributed by atoms with Gasteiger partial charge in [0.25, 0.3) is 5.91 Å². The molecule has 6 nitrogen and oxygen atoms in total. The Morgan fingerprint density at radius 1 is 1.43 bits per heavy atom. The summed E-state index contributed by atoms with van der Waals surface area (Å²) in [6.07, 6.45) is 7.19. The minimum Gasteiger partial charge on any atom is -0.336 e. The van der Waals surface area contributed by atoms with Crippen molar-refractivity contribution in [3.63, 3.8) is 0 Å². The fourth-order valence-electron chi connectivity index (χ4n) is 3.01. The van der Waals surface area contributed by atoms with Gasteiger partial charge in [0.15, 0.2) is 5.65 Å². The molecule has 0 saturated carbocycles.